The SMILES string of the molecule is CCOc1cc(N2CCC(C(=O)N3CCC(CN4CCN(Cc5ccc(-n6c(-c7cc(CC)c(O)cc7O)n[nH]c6=O)cc5)CC4)CC3)CC2)ccc1Nc1ncc2c(n1)N(C)c1ccccc1C(=O)N2C. The van der Waals surface area contributed by atoms with Gasteiger partial charge in [-0.2, -0.15) is 10.1 Å². The van der Waals surface area contributed by atoms with Gasteiger partial charge in [-0.3, -0.25) is 14.5 Å². The fourth-order valence-electron chi connectivity index (χ4n) is 10.8. The molecule has 2 amide bonds. The molecule has 0 saturated carbocycles. The number of aromatic hydroxyl groups is 2. The van der Waals surface area contributed by atoms with Crippen LogP contribution in [0.4, 0.5) is 34.5 Å². The van der Waals surface area contributed by atoms with Gasteiger partial charge in [-0.15, -0.1) is 0 Å². The third-order valence-corrected chi connectivity index (χ3v) is 14.9. The minimum Gasteiger partial charge on any atom is -0.508 e. The Kier molecular flexibility index (Phi) is 13.9. The molecular weight excluding hydrogens is 913 g/mol. The van der Waals surface area contributed by atoms with E-state index in [4.69, 9.17) is 9.72 Å². The van der Waals surface area contributed by atoms with Gasteiger partial charge in [0.15, 0.2) is 11.6 Å². The number of aryl methyl sites for hydroxylation is 1. The molecule has 3 saturated heterocycles. The Balaban J connectivity index is 0.672. The maximum Gasteiger partial charge on any atom is 0.348 e. The summed E-state index contributed by atoms with van der Waals surface area (Å²) in [6.07, 6.45) is 5.92. The lowest BCUT2D eigenvalue weighted by Crippen LogP contribution is -2.49. The molecule has 6 heterocycles. The van der Waals surface area contributed by atoms with Crippen LogP contribution in [0.3, 0.4) is 0 Å². The smallest absolute Gasteiger partial charge is 0.348 e. The van der Waals surface area contributed by atoms with Crippen LogP contribution in [0.15, 0.2) is 89.9 Å². The molecule has 18 heteroatoms. The number of amides is 2. The van der Waals surface area contributed by atoms with Gasteiger partial charge in [-0.1, -0.05) is 31.2 Å². The summed E-state index contributed by atoms with van der Waals surface area (Å²) in [5, 5.41) is 30.9. The summed E-state index contributed by atoms with van der Waals surface area (Å²) in [6.45, 7) is 13.4. The van der Waals surface area contributed by atoms with Crippen LogP contribution in [0.5, 0.6) is 17.2 Å². The molecule has 4 aromatic carbocycles. The Labute approximate surface area is 419 Å². The van der Waals surface area contributed by atoms with Crippen molar-refractivity contribution in [2.24, 2.45) is 11.8 Å². The van der Waals surface area contributed by atoms with Crippen LogP contribution in [0, 0.1) is 11.8 Å². The van der Waals surface area contributed by atoms with E-state index in [-0.39, 0.29) is 29.1 Å². The monoisotopic (exact) mass is 977 g/mol. The van der Waals surface area contributed by atoms with Crippen LogP contribution < -0.4 is 30.4 Å². The number of nitrogens with one attached hydrogen (secondary N) is 2. The number of carbonyl (C=O) groups is 2. The lowest BCUT2D eigenvalue weighted by Gasteiger charge is -2.40. The van der Waals surface area contributed by atoms with Crippen molar-refractivity contribution < 1.29 is 24.5 Å². The number of aromatic nitrogens is 5. The van der Waals surface area contributed by atoms with E-state index in [9.17, 15) is 24.6 Å². The molecule has 3 fully saturated rings. The summed E-state index contributed by atoms with van der Waals surface area (Å²) >= 11 is 0. The minimum absolute atomic E-state index is 0.00558. The molecule has 0 spiro atoms. The number of ether oxygens (including phenoxy) is 1. The van der Waals surface area contributed by atoms with Crippen molar-refractivity contribution in [1.29, 1.82) is 0 Å². The van der Waals surface area contributed by atoms with Crippen LogP contribution in [0.2, 0.25) is 0 Å². The number of phenols is 2. The highest BCUT2D eigenvalue weighted by Gasteiger charge is 2.33. The molecule has 0 atom stereocenters. The largest absolute Gasteiger partial charge is 0.508 e. The topological polar surface area (TPSA) is 192 Å². The summed E-state index contributed by atoms with van der Waals surface area (Å²) in [4.78, 5) is 62.5. The number of aromatic amines is 1. The molecule has 4 aliphatic heterocycles. The number of hydrogen-bond donors (Lipinski definition) is 4. The number of piperidine rings is 2. The zero-order valence-electron chi connectivity index (χ0n) is 41.6. The van der Waals surface area contributed by atoms with Gasteiger partial charge in [-0.05, 0) is 98.5 Å². The zero-order valence-corrected chi connectivity index (χ0v) is 41.6. The first-order valence-electron chi connectivity index (χ1n) is 25.3. The summed E-state index contributed by atoms with van der Waals surface area (Å²) in [5.41, 5.74) is 6.17. The van der Waals surface area contributed by atoms with Gasteiger partial charge < -0.3 is 44.8 Å². The summed E-state index contributed by atoms with van der Waals surface area (Å²) in [5.74, 6) is 2.61. The molecule has 0 radical (unpaired) electrons. The fraction of sp³-hybridized carbons (Fsp3) is 0.407. The maximum atomic E-state index is 13.9. The molecule has 0 unspecified atom stereocenters. The number of rotatable bonds is 13. The van der Waals surface area contributed by atoms with Gasteiger partial charge in [0.05, 0.1) is 41.0 Å². The Morgan fingerprint density at radius 2 is 1.50 bits per heavy atom. The van der Waals surface area contributed by atoms with Crippen molar-refractivity contribution in [2.75, 3.05) is 99.6 Å². The van der Waals surface area contributed by atoms with E-state index in [1.54, 1.807) is 24.2 Å². The molecule has 0 aliphatic carbocycles. The molecule has 2 aromatic heterocycles. The molecule has 376 valence electrons. The number of nitrogens with zero attached hydrogens (tertiary/aromatic N) is 10. The Bertz CT molecular complexity index is 2990. The molecule has 6 aromatic rings. The molecule has 0 bridgehead atoms. The fourth-order valence-corrected chi connectivity index (χ4v) is 10.8. The summed E-state index contributed by atoms with van der Waals surface area (Å²) in [7, 11) is 3.64. The van der Waals surface area contributed by atoms with Crippen LogP contribution in [-0.4, -0.2) is 141 Å². The first-order valence-corrected chi connectivity index (χ1v) is 25.3. The Hall–Kier alpha value is -7.44. The number of anilines is 6. The summed E-state index contributed by atoms with van der Waals surface area (Å²) in [6, 6.07) is 24.5. The van der Waals surface area contributed by atoms with E-state index in [1.807, 2.05) is 80.4 Å². The van der Waals surface area contributed by atoms with Crippen molar-refractivity contribution in [3.63, 3.8) is 0 Å². The van der Waals surface area contributed by atoms with Crippen molar-refractivity contribution in [3.8, 4) is 34.3 Å². The Morgan fingerprint density at radius 1 is 0.778 bits per heavy atom. The highest BCUT2D eigenvalue weighted by Crippen LogP contribution is 2.40. The number of H-pyrrole nitrogens is 1. The maximum absolute atomic E-state index is 13.9. The zero-order chi connectivity index (χ0) is 50.0. The Morgan fingerprint density at radius 3 is 2.24 bits per heavy atom. The van der Waals surface area contributed by atoms with E-state index in [2.05, 4.69) is 52.2 Å². The molecule has 18 nitrogen and oxygen atoms in total. The number of carbonyl (C=O) groups excluding carboxylic acids is 2. The van der Waals surface area contributed by atoms with Gasteiger partial charge in [0.1, 0.15) is 22.9 Å². The first-order chi connectivity index (χ1) is 35.0. The number of hydrogen-bond acceptors (Lipinski definition) is 14. The average molecular weight is 977 g/mol. The van der Waals surface area contributed by atoms with Crippen molar-refractivity contribution in [2.45, 2.75) is 52.5 Å². The number of likely N-dealkylation sites (tertiary alicyclic amines) is 1. The van der Waals surface area contributed by atoms with Gasteiger partial charge in [-0.25, -0.2) is 19.4 Å². The number of fused-ring (bicyclic) bond motifs is 2. The quantitative estimate of drug-likeness (QED) is 0.0949. The predicted molar refractivity (Wildman–Crippen MR) is 278 cm³/mol. The van der Waals surface area contributed by atoms with Crippen LogP contribution in [-0.2, 0) is 17.8 Å². The highest BCUT2D eigenvalue weighted by molar-refractivity contribution is 6.13. The number of para-hydroxylation sites is 1. The second-order valence-corrected chi connectivity index (χ2v) is 19.4. The van der Waals surface area contributed by atoms with Gasteiger partial charge in [0, 0.05) is 103 Å². The molecule has 4 aliphatic rings. The van der Waals surface area contributed by atoms with Crippen molar-refractivity contribution in [1.82, 2.24) is 39.4 Å². The van der Waals surface area contributed by atoms with Crippen molar-refractivity contribution in [3.05, 3.63) is 112 Å². The number of phenolic OH excluding ortho intramolecular Hbond substituents is 2. The minimum atomic E-state index is -0.411. The van der Waals surface area contributed by atoms with Crippen LogP contribution in [0.25, 0.3) is 17.1 Å². The van der Waals surface area contributed by atoms with E-state index in [1.165, 1.54) is 10.6 Å². The van der Waals surface area contributed by atoms with E-state index in [0.717, 1.165) is 114 Å². The normalized spacial score (nSPS) is 17.2. The van der Waals surface area contributed by atoms with E-state index >= 15 is 0 Å². The second-order valence-electron chi connectivity index (χ2n) is 19.4. The van der Waals surface area contributed by atoms with Gasteiger partial charge >= 0.3 is 5.69 Å². The second kappa shape index (κ2) is 20.7. The third kappa shape index (κ3) is 9.80. The highest BCUT2D eigenvalue weighted by atomic mass is 16.5. The standard InChI is InChI=1S/C54H64N12O6/c1-5-37-29-42(47(68)31-46(37)67)49-58-59-54(71)66(49)39-13-11-35(12-14-39)33-62-25-27-63(28-26-62)34-36-17-21-65(22-18-36)51(69)38-19-23-64(24-20-38)40-15-16-43(48(30-40)72-6-2)56-53-55-32-45-50(57-53)60(3)44-10-8-7-9-41(44)52(70)61(45)4/h7-16,29-32,36,38,67-68H,5-6,17-28,33-34H2,1-4H3,(H,59,71)(H,55,56,57). The number of benzene rings is 4. The molecular formula is C54H64N12O6. The van der Waals surface area contributed by atoms with Crippen LogP contribution in [0.1, 0.15) is 61.0 Å². The first kappa shape index (κ1) is 48.2. The van der Waals surface area contributed by atoms with E-state index in [0.29, 0.717) is 70.4 Å². The van der Waals surface area contributed by atoms with Gasteiger partial charge in [0.2, 0.25) is 11.9 Å². The predicted octanol–water partition coefficient (Wildman–Crippen LogP) is 6.76. The van der Waals surface area contributed by atoms with Crippen molar-refractivity contribution >= 4 is 46.3 Å². The van der Waals surface area contributed by atoms with Crippen LogP contribution >= 0.6 is 0 Å². The van der Waals surface area contributed by atoms with E-state index < -0.39 is 5.69 Å². The average Bonchev–Trinajstić information content (AvgIpc) is 3.76. The van der Waals surface area contributed by atoms with Gasteiger partial charge in [0.25, 0.3) is 5.91 Å². The molecule has 10 rings (SSSR count). The number of piperazine rings is 1. The summed E-state index contributed by atoms with van der Waals surface area (Å²) < 4.78 is 7.58. The third-order valence-electron chi connectivity index (χ3n) is 14.9. The lowest BCUT2D eigenvalue weighted by atomic mass is 9.91. The lowest BCUT2D eigenvalue weighted by molar-refractivity contribution is -0.137. The molecule has 4 N–H and O–H groups in total. The molecule has 72 heavy (non-hydrogen) atoms.